The Morgan fingerprint density at radius 2 is 1.20 bits per heavy atom. The normalized spacial score (nSPS) is 10.9. The minimum atomic E-state index is 0.258. The van der Waals surface area contributed by atoms with Gasteiger partial charge in [0.2, 0.25) is 0 Å². The first-order valence-corrected chi connectivity index (χ1v) is 7.38. The Morgan fingerprint density at radius 3 is 1.55 bits per heavy atom. The minimum absolute atomic E-state index is 0.258. The molecular weight excluding hydrogens is 252 g/mol. The predicted octanol–water partition coefficient (Wildman–Crippen LogP) is 4.13. The number of hydrogen-bond donors (Lipinski definition) is 0. The van der Waals surface area contributed by atoms with Crippen LogP contribution in [0, 0.1) is 0 Å². The number of Topliss-reactive ketones (excluding diaryl/α,β-unsaturated/α-hetero) is 1. The van der Waals surface area contributed by atoms with Gasteiger partial charge in [-0.3, -0.25) is 4.79 Å². The van der Waals surface area contributed by atoms with Crippen molar-refractivity contribution in [3.8, 4) is 0 Å². The predicted molar refractivity (Wildman–Crippen MR) is 77.8 cm³/mol. The standard InChI is InChI=1S/C17H22O3/c1-3-14-9-11-16(19-14)7-5-13(18)6-8-17-12-10-15(4-2)20-17/h9-12H,3-8H2,1-2H3. The van der Waals surface area contributed by atoms with Gasteiger partial charge in [-0.25, -0.2) is 0 Å². The summed E-state index contributed by atoms with van der Waals surface area (Å²) in [5.41, 5.74) is 0. The lowest BCUT2D eigenvalue weighted by Gasteiger charge is -1.99. The third-order valence-corrected chi connectivity index (χ3v) is 3.43. The second-order valence-corrected chi connectivity index (χ2v) is 4.98. The van der Waals surface area contributed by atoms with Crippen LogP contribution in [0.15, 0.2) is 33.1 Å². The van der Waals surface area contributed by atoms with Crippen molar-refractivity contribution in [2.45, 2.75) is 52.4 Å². The lowest BCUT2D eigenvalue weighted by Crippen LogP contribution is -2.01. The van der Waals surface area contributed by atoms with E-state index in [2.05, 4.69) is 13.8 Å². The van der Waals surface area contributed by atoms with Crippen molar-refractivity contribution >= 4 is 5.78 Å². The third-order valence-electron chi connectivity index (χ3n) is 3.43. The van der Waals surface area contributed by atoms with Crippen LogP contribution in [0.4, 0.5) is 0 Å². The number of carbonyl (C=O) groups excluding carboxylic acids is 1. The third kappa shape index (κ3) is 4.12. The van der Waals surface area contributed by atoms with Crippen molar-refractivity contribution in [3.63, 3.8) is 0 Å². The van der Waals surface area contributed by atoms with Gasteiger partial charge in [0, 0.05) is 38.5 Å². The molecule has 108 valence electrons. The second kappa shape index (κ2) is 7.13. The molecule has 2 aromatic rings. The molecule has 0 saturated heterocycles. The van der Waals surface area contributed by atoms with Crippen molar-refractivity contribution in [2.24, 2.45) is 0 Å². The number of hydrogen-bond acceptors (Lipinski definition) is 3. The highest BCUT2D eigenvalue weighted by Gasteiger charge is 2.08. The van der Waals surface area contributed by atoms with Gasteiger partial charge in [0.1, 0.15) is 28.8 Å². The summed E-state index contributed by atoms with van der Waals surface area (Å²) in [5.74, 6) is 4.03. The van der Waals surface area contributed by atoms with Crippen LogP contribution >= 0.6 is 0 Å². The van der Waals surface area contributed by atoms with Crippen molar-refractivity contribution in [1.29, 1.82) is 0 Å². The van der Waals surface area contributed by atoms with Gasteiger partial charge in [0.25, 0.3) is 0 Å². The quantitative estimate of drug-likeness (QED) is 0.727. The molecule has 0 aromatic carbocycles. The minimum Gasteiger partial charge on any atom is -0.466 e. The average molecular weight is 274 g/mol. The summed E-state index contributed by atoms with van der Waals surface area (Å²) in [6, 6.07) is 7.89. The SMILES string of the molecule is CCc1ccc(CCC(=O)CCc2ccc(CC)o2)o1. The maximum atomic E-state index is 11.9. The highest BCUT2D eigenvalue weighted by atomic mass is 16.3. The van der Waals surface area contributed by atoms with Crippen molar-refractivity contribution < 1.29 is 13.6 Å². The number of carbonyl (C=O) groups is 1. The molecule has 0 aliphatic rings. The molecule has 0 aliphatic heterocycles. The first kappa shape index (κ1) is 14.6. The Kier molecular flexibility index (Phi) is 5.22. The number of furan rings is 2. The first-order valence-electron chi connectivity index (χ1n) is 7.38. The lowest BCUT2D eigenvalue weighted by atomic mass is 10.1. The molecule has 0 unspecified atom stereocenters. The van der Waals surface area contributed by atoms with Crippen LogP contribution in [-0.2, 0) is 30.5 Å². The number of aryl methyl sites for hydroxylation is 4. The van der Waals surface area contributed by atoms with E-state index in [0.29, 0.717) is 25.7 Å². The van der Waals surface area contributed by atoms with Gasteiger partial charge in [-0.05, 0) is 24.3 Å². The maximum Gasteiger partial charge on any atom is 0.133 e. The summed E-state index contributed by atoms with van der Waals surface area (Å²) in [5, 5.41) is 0. The molecule has 0 aliphatic carbocycles. The van der Waals surface area contributed by atoms with Crippen LogP contribution in [0.5, 0.6) is 0 Å². The largest absolute Gasteiger partial charge is 0.466 e. The molecule has 0 N–H and O–H groups in total. The van der Waals surface area contributed by atoms with Gasteiger partial charge in [0.05, 0.1) is 0 Å². The summed E-state index contributed by atoms with van der Waals surface area (Å²) in [4.78, 5) is 11.9. The molecule has 3 nitrogen and oxygen atoms in total. The van der Waals surface area contributed by atoms with Gasteiger partial charge in [-0.15, -0.1) is 0 Å². The topological polar surface area (TPSA) is 43.4 Å². The van der Waals surface area contributed by atoms with E-state index in [-0.39, 0.29) is 5.78 Å². The Balaban J connectivity index is 1.72. The monoisotopic (exact) mass is 274 g/mol. The van der Waals surface area contributed by atoms with Crippen LogP contribution in [0.1, 0.15) is 49.7 Å². The fourth-order valence-electron chi connectivity index (χ4n) is 2.14. The zero-order valence-corrected chi connectivity index (χ0v) is 12.3. The van der Waals surface area contributed by atoms with Gasteiger partial charge in [-0.1, -0.05) is 13.8 Å². The summed E-state index contributed by atoms with van der Waals surface area (Å²) in [6.07, 6.45) is 4.25. The smallest absolute Gasteiger partial charge is 0.133 e. The van der Waals surface area contributed by atoms with Crippen molar-refractivity contribution in [1.82, 2.24) is 0 Å². The van der Waals surface area contributed by atoms with E-state index in [0.717, 1.165) is 35.9 Å². The maximum absolute atomic E-state index is 11.9. The molecule has 0 fully saturated rings. The molecule has 0 spiro atoms. The van der Waals surface area contributed by atoms with E-state index >= 15 is 0 Å². The molecule has 2 rings (SSSR count). The highest BCUT2D eigenvalue weighted by molar-refractivity contribution is 5.78. The van der Waals surface area contributed by atoms with Crippen molar-refractivity contribution in [2.75, 3.05) is 0 Å². The molecular formula is C17H22O3. The summed E-state index contributed by atoms with van der Waals surface area (Å²) in [6.45, 7) is 4.11. The van der Waals surface area contributed by atoms with Gasteiger partial charge in [-0.2, -0.15) is 0 Å². The van der Waals surface area contributed by atoms with Crippen molar-refractivity contribution in [3.05, 3.63) is 47.3 Å². The van der Waals surface area contributed by atoms with E-state index in [1.807, 2.05) is 24.3 Å². The Morgan fingerprint density at radius 1 is 0.800 bits per heavy atom. The van der Waals surface area contributed by atoms with Crippen LogP contribution in [0.3, 0.4) is 0 Å². The molecule has 3 heteroatoms. The summed E-state index contributed by atoms with van der Waals surface area (Å²) >= 11 is 0. The molecule has 0 saturated carbocycles. The highest BCUT2D eigenvalue weighted by Crippen LogP contribution is 2.13. The lowest BCUT2D eigenvalue weighted by molar-refractivity contribution is -0.119. The molecule has 2 heterocycles. The molecule has 2 aromatic heterocycles. The Hall–Kier alpha value is -1.77. The second-order valence-electron chi connectivity index (χ2n) is 4.98. The average Bonchev–Trinajstić information content (AvgIpc) is 3.11. The fourth-order valence-corrected chi connectivity index (χ4v) is 2.14. The first-order chi connectivity index (χ1) is 9.71. The molecule has 0 bridgehead atoms. The van der Waals surface area contributed by atoms with Gasteiger partial charge < -0.3 is 8.83 Å². The van der Waals surface area contributed by atoms with Crippen LogP contribution in [0.2, 0.25) is 0 Å². The summed E-state index contributed by atoms with van der Waals surface area (Å²) in [7, 11) is 0. The van der Waals surface area contributed by atoms with Gasteiger partial charge in [0.15, 0.2) is 0 Å². The van der Waals surface area contributed by atoms with Crippen LogP contribution < -0.4 is 0 Å². The number of rotatable bonds is 8. The fraction of sp³-hybridized carbons (Fsp3) is 0.471. The van der Waals surface area contributed by atoms with E-state index in [9.17, 15) is 4.79 Å². The van der Waals surface area contributed by atoms with E-state index in [1.54, 1.807) is 0 Å². The molecule has 20 heavy (non-hydrogen) atoms. The van der Waals surface area contributed by atoms with E-state index in [1.165, 1.54) is 0 Å². The van der Waals surface area contributed by atoms with E-state index < -0.39 is 0 Å². The molecule has 0 radical (unpaired) electrons. The Bertz CT molecular complexity index is 500. The zero-order chi connectivity index (χ0) is 14.4. The van der Waals surface area contributed by atoms with Crippen LogP contribution in [-0.4, -0.2) is 5.78 Å². The van der Waals surface area contributed by atoms with E-state index in [4.69, 9.17) is 8.83 Å². The van der Waals surface area contributed by atoms with Crippen LogP contribution in [0.25, 0.3) is 0 Å². The molecule has 0 atom stereocenters. The Labute approximate surface area is 120 Å². The summed E-state index contributed by atoms with van der Waals surface area (Å²) < 4.78 is 11.2. The molecule has 0 amide bonds. The zero-order valence-electron chi connectivity index (χ0n) is 12.3. The van der Waals surface area contributed by atoms with Gasteiger partial charge >= 0.3 is 0 Å². The number of ketones is 1.